The fourth-order valence-electron chi connectivity index (χ4n) is 2.26. The van der Waals surface area contributed by atoms with Crippen LogP contribution in [0.1, 0.15) is 17.2 Å². The van der Waals surface area contributed by atoms with Gasteiger partial charge in [-0.05, 0) is 24.6 Å². The first kappa shape index (κ1) is 11.1. The van der Waals surface area contributed by atoms with E-state index in [0.717, 1.165) is 17.0 Å². The molecule has 2 aromatic rings. The minimum atomic E-state index is -0.277. The second kappa shape index (κ2) is 4.33. The molecule has 0 amide bonds. The third kappa shape index (κ3) is 1.82. The van der Waals surface area contributed by atoms with Crippen LogP contribution in [0.25, 0.3) is 0 Å². The normalized spacial score (nSPS) is 17.6. The zero-order valence-electron chi connectivity index (χ0n) is 10.1. The summed E-state index contributed by atoms with van der Waals surface area (Å²) in [6.07, 6.45) is -0.277. The molecule has 0 radical (unpaired) electrons. The summed E-state index contributed by atoms with van der Waals surface area (Å²) in [7, 11) is 0. The highest BCUT2D eigenvalue weighted by Crippen LogP contribution is 2.36. The molecule has 1 aliphatic rings. The molecule has 0 aromatic heterocycles. The molecule has 3 heteroatoms. The van der Waals surface area contributed by atoms with Crippen LogP contribution in [0.15, 0.2) is 42.5 Å². The van der Waals surface area contributed by atoms with Gasteiger partial charge < -0.3 is 10.1 Å². The van der Waals surface area contributed by atoms with E-state index in [1.54, 1.807) is 12.1 Å². The van der Waals surface area contributed by atoms with Crippen LogP contribution in [0.2, 0.25) is 0 Å². The molecule has 0 bridgehead atoms. The van der Waals surface area contributed by atoms with Crippen LogP contribution in [0.3, 0.4) is 0 Å². The van der Waals surface area contributed by atoms with Crippen LogP contribution < -0.4 is 10.1 Å². The molecule has 3 rings (SSSR count). The van der Waals surface area contributed by atoms with Crippen molar-refractivity contribution in [3.05, 3.63) is 59.4 Å². The van der Waals surface area contributed by atoms with E-state index in [9.17, 15) is 4.39 Å². The molecule has 0 aliphatic carbocycles. The lowest BCUT2D eigenvalue weighted by Crippen LogP contribution is -2.24. The summed E-state index contributed by atoms with van der Waals surface area (Å²) >= 11 is 0. The van der Waals surface area contributed by atoms with Crippen molar-refractivity contribution in [3.8, 4) is 5.75 Å². The smallest absolute Gasteiger partial charge is 0.144 e. The van der Waals surface area contributed by atoms with E-state index in [0.29, 0.717) is 12.1 Å². The number of para-hydroxylation sites is 1. The monoisotopic (exact) mass is 243 g/mol. The van der Waals surface area contributed by atoms with E-state index in [1.807, 2.05) is 31.2 Å². The Morgan fingerprint density at radius 3 is 2.83 bits per heavy atom. The molecule has 1 aliphatic heterocycles. The van der Waals surface area contributed by atoms with Gasteiger partial charge in [0.25, 0.3) is 0 Å². The summed E-state index contributed by atoms with van der Waals surface area (Å²) < 4.78 is 19.6. The maximum Gasteiger partial charge on any atom is 0.144 e. The molecule has 1 N–H and O–H groups in total. The Kier molecular flexibility index (Phi) is 2.67. The summed E-state index contributed by atoms with van der Waals surface area (Å²) in [4.78, 5) is 0. The van der Waals surface area contributed by atoms with Crippen LogP contribution in [0.5, 0.6) is 5.75 Å². The van der Waals surface area contributed by atoms with E-state index in [2.05, 4.69) is 5.32 Å². The number of halogens is 1. The van der Waals surface area contributed by atoms with Crippen molar-refractivity contribution in [2.24, 2.45) is 0 Å². The van der Waals surface area contributed by atoms with Crippen molar-refractivity contribution in [1.82, 2.24) is 0 Å². The van der Waals surface area contributed by atoms with Gasteiger partial charge in [0.1, 0.15) is 17.7 Å². The average Bonchev–Trinajstić information content (AvgIpc) is 2.39. The van der Waals surface area contributed by atoms with E-state index < -0.39 is 0 Å². The third-order valence-electron chi connectivity index (χ3n) is 3.22. The van der Waals surface area contributed by atoms with Crippen molar-refractivity contribution < 1.29 is 9.13 Å². The molecule has 0 saturated heterocycles. The fraction of sp³-hybridized carbons (Fsp3) is 0.200. The molecular formula is C15H14FNO. The molecule has 0 spiro atoms. The number of benzene rings is 2. The lowest BCUT2D eigenvalue weighted by atomic mass is 10.1. The Balaban J connectivity index is 1.94. The lowest BCUT2D eigenvalue weighted by Gasteiger charge is -2.28. The van der Waals surface area contributed by atoms with Gasteiger partial charge in [0.05, 0.1) is 12.2 Å². The van der Waals surface area contributed by atoms with Crippen molar-refractivity contribution in [3.63, 3.8) is 0 Å². The quantitative estimate of drug-likeness (QED) is 0.825. The topological polar surface area (TPSA) is 21.3 Å². The molecule has 0 fully saturated rings. The molecule has 1 unspecified atom stereocenters. The number of hydrogen-bond donors (Lipinski definition) is 1. The van der Waals surface area contributed by atoms with Crippen molar-refractivity contribution in [2.75, 3.05) is 11.9 Å². The summed E-state index contributed by atoms with van der Waals surface area (Å²) in [6, 6.07) is 12.6. The highest BCUT2D eigenvalue weighted by molar-refractivity contribution is 5.63. The standard InChI is InChI=1S/C15H14FNO/c1-10-5-4-8-13-15(10)17-9-14(18-13)11-6-2-3-7-12(11)16/h2-8,14,17H,9H2,1H3. The van der Waals surface area contributed by atoms with E-state index in [-0.39, 0.29) is 11.9 Å². The van der Waals surface area contributed by atoms with Gasteiger partial charge in [0.2, 0.25) is 0 Å². The summed E-state index contributed by atoms with van der Waals surface area (Å²) in [5.74, 6) is 0.565. The van der Waals surface area contributed by atoms with Gasteiger partial charge in [-0.25, -0.2) is 4.39 Å². The van der Waals surface area contributed by atoms with Crippen molar-refractivity contribution in [1.29, 1.82) is 0 Å². The zero-order valence-corrected chi connectivity index (χ0v) is 10.1. The molecule has 0 saturated carbocycles. The maximum absolute atomic E-state index is 13.7. The van der Waals surface area contributed by atoms with Gasteiger partial charge in [-0.1, -0.05) is 30.3 Å². The number of fused-ring (bicyclic) bond motifs is 1. The van der Waals surface area contributed by atoms with E-state index in [1.165, 1.54) is 6.07 Å². The largest absolute Gasteiger partial charge is 0.482 e. The first-order chi connectivity index (χ1) is 8.75. The number of nitrogens with one attached hydrogen (secondary N) is 1. The SMILES string of the molecule is Cc1cccc2c1NCC(c1ccccc1F)O2. The Morgan fingerprint density at radius 1 is 1.17 bits per heavy atom. The highest BCUT2D eigenvalue weighted by atomic mass is 19.1. The molecular weight excluding hydrogens is 229 g/mol. The van der Waals surface area contributed by atoms with Crippen molar-refractivity contribution >= 4 is 5.69 Å². The zero-order chi connectivity index (χ0) is 12.5. The predicted octanol–water partition coefficient (Wildman–Crippen LogP) is 3.68. The Morgan fingerprint density at radius 2 is 2.00 bits per heavy atom. The number of aryl methyl sites for hydroxylation is 1. The number of anilines is 1. The second-order valence-electron chi connectivity index (χ2n) is 4.46. The second-order valence-corrected chi connectivity index (χ2v) is 4.46. The predicted molar refractivity (Wildman–Crippen MR) is 69.4 cm³/mol. The van der Waals surface area contributed by atoms with Gasteiger partial charge >= 0.3 is 0 Å². The molecule has 1 atom stereocenters. The van der Waals surface area contributed by atoms with Gasteiger partial charge in [-0.3, -0.25) is 0 Å². The Hall–Kier alpha value is -2.03. The average molecular weight is 243 g/mol. The molecule has 92 valence electrons. The minimum absolute atomic E-state index is 0.222. The maximum atomic E-state index is 13.7. The summed E-state index contributed by atoms with van der Waals surface area (Å²) in [5.41, 5.74) is 2.74. The summed E-state index contributed by atoms with van der Waals surface area (Å²) in [6.45, 7) is 2.61. The van der Waals surface area contributed by atoms with Crippen molar-refractivity contribution in [2.45, 2.75) is 13.0 Å². The number of hydrogen-bond acceptors (Lipinski definition) is 2. The van der Waals surface area contributed by atoms with Crippen LogP contribution in [-0.4, -0.2) is 6.54 Å². The van der Waals surface area contributed by atoms with E-state index >= 15 is 0 Å². The van der Waals surface area contributed by atoms with Gasteiger partial charge in [0.15, 0.2) is 0 Å². The first-order valence-corrected chi connectivity index (χ1v) is 6.00. The Labute approximate surface area is 105 Å². The van der Waals surface area contributed by atoms with Gasteiger partial charge in [0, 0.05) is 5.56 Å². The van der Waals surface area contributed by atoms with E-state index in [4.69, 9.17) is 4.74 Å². The minimum Gasteiger partial charge on any atom is -0.482 e. The van der Waals surface area contributed by atoms with Crippen LogP contribution in [0.4, 0.5) is 10.1 Å². The molecule has 2 aromatic carbocycles. The third-order valence-corrected chi connectivity index (χ3v) is 3.22. The summed E-state index contributed by atoms with van der Waals surface area (Å²) in [5, 5.41) is 3.32. The molecule has 2 nitrogen and oxygen atoms in total. The van der Waals surface area contributed by atoms with Gasteiger partial charge in [-0.15, -0.1) is 0 Å². The fourth-order valence-corrected chi connectivity index (χ4v) is 2.26. The number of rotatable bonds is 1. The molecule has 18 heavy (non-hydrogen) atoms. The number of ether oxygens (including phenoxy) is 1. The Bertz CT molecular complexity index is 582. The van der Waals surface area contributed by atoms with Gasteiger partial charge in [-0.2, -0.15) is 0 Å². The molecule has 1 heterocycles. The van der Waals surface area contributed by atoms with Crippen LogP contribution >= 0.6 is 0 Å². The highest BCUT2D eigenvalue weighted by Gasteiger charge is 2.23. The van der Waals surface area contributed by atoms with Crippen LogP contribution in [-0.2, 0) is 0 Å². The lowest BCUT2D eigenvalue weighted by molar-refractivity contribution is 0.205. The first-order valence-electron chi connectivity index (χ1n) is 6.00. The van der Waals surface area contributed by atoms with Crippen LogP contribution in [0, 0.1) is 12.7 Å².